The lowest BCUT2D eigenvalue weighted by Gasteiger charge is -2.22. The quantitative estimate of drug-likeness (QED) is 0.562. The van der Waals surface area contributed by atoms with Gasteiger partial charge in [-0.2, -0.15) is 0 Å². The van der Waals surface area contributed by atoms with Gasteiger partial charge in [-0.3, -0.25) is 4.79 Å². The third-order valence-electron chi connectivity index (χ3n) is 5.27. The summed E-state index contributed by atoms with van der Waals surface area (Å²) in [5.74, 6) is -0.702. The van der Waals surface area contributed by atoms with E-state index in [0.717, 1.165) is 32.1 Å². The highest BCUT2D eigenvalue weighted by Crippen LogP contribution is 2.34. The number of carboxylic acid groups (broad SMARTS) is 1. The van der Waals surface area contributed by atoms with Gasteiger partial charge in [0.15, 0.2) is 0 Å². The second kappa shape index (κ2) is 8.85. The first-order chi connectivity index (χ1) is 12.2. The Morgan fingerprint density at radius 1 is 1.04 bits per heavy atom. The monoisotopic (exact) mass is 372 g/mol. The topological polar surface area (TPSA) is 37.3 Å². The summed E-state index contributed by atoms with van der Waals surface area (Å²) in [5, 5.41) is 9.09. The van der Waals surface area contributed by atoms with Crippen LogP contribution in [0.25, 0.3) is 0 Å². The van der Waals surface area contributed by atoms with Crippen molar-refractivity contribution in [2.45, 2.75) is 73.1 Å². The molecule has 0 aliphatic rings. The minimum atomic E-state index is -0.702. The van der Waals surface area contributed by atoms with Crippen LogP contribution in [0.4, 0.5) is 0 Å². The Balaban J connectivity index is 1.99. The van der Waals surface area contributed by atoms with Crippen molar-refractivity contribution in [3.05, 3.63) is 56.3 Å². The molecule has 0 saturated carbocycles. The highest BCUT2D eigenvalue weighted by atomic mass is 32.1. The summed E-state index contributed by atoms with van der Waals surface area (Å²) < 4.78 is 0. The first kappa shape index (κ1) is 20.7. The molecule has 2 aromatic rings. The second-order valence-corrected chi connectivity index (χ2v) is 9.57. The van der Waals surface area contributed by atoms with Crippen LogP contribution in [-0.4, -0.2) is 11.1 Å². The predicted octanol–water partition coefficient (Wildman–Crippen LogP) is 6.28. The van der Waals surface area contributed by atoms with Gasteiger partial charge in [0.2, 0.25) is 0 Å². The van der Waals surface area contributed by atoms with E-state index in [4.69, 9.17) is 5.11 Å². The average Bonchev–Trinajstić information content (AvgIpc) is 2.81. The molecule has 0 spiro atoms. The molecule has 0 unspecified atom stereocenters. The third-order valence-corrected chi connectivity index (χ3v) is 6.57. The first-order valence-corrected chi connectivity index (χ1v) is 10.3. The molecule has 0 aliphatic carbocycles. The van der Waals surface area contributed by atoms with Crippen molar-refractivity contribution < 1.29 is 9.90 Å². The first-order valence-electron chi connectivity index (χ1n) is 9.53. The Morgan fingerprint density at radius 2 is 1.69 bits per heavy atom. The molecule has 0 fully saturated rings. The molecule has 26 heavy (non-hydrogen) atoms. The average molecular weight is 373 g/mol. The van der Waals surface area contributed by atoms with Crippen LogP contribution >= 0.6 is 11.3 Å². The molecule has 2 nitrogen and oxygen atoms in total. The molecule has 0 atom stereocenters. The van der Waals surface area contributed by atoms with Crippen molar-refractivity contribution >= 4 is 17.3 Å². The Kier molecular flexibility index (Phi) is 7.05. The number of hydrogen-bond acceptors (Lipinski definition) is 2. The van der Waals surface area contributed by atoms with E-state index in [1.165, 1.54) is 32.0 Å². The number of hydrogen-bond donors (Lipinski definition) is 1. The lowest BCUT2D eigenvalue weighted by atomic mass is 9.83. The highest BCUT2D eigenvalue weighted by Gasteiger charge is 2.23. The molecule has 3 heteroatoms. The Morgan fingerprint density at radius 3 is 2.31 bits per heavy atom. The largest absolute Gasteiger partial charge is 0.481 e. The zero-order valence-corrected chi connectivity index (χ0v) is 17.6. The van der Waals surface area contributed by atoms with Gasteiger partial charge in [-0.15, -0.1) is 11.3 Å². The summed E-state index contributed by atoms with van der Waals surface area (Å²) >= 11 is 1.90. The Labute approximate surface area is 162 Å². The maximum absolute atomic E-state index is 11.1. The van der Waals surface area contributed by atoms with Crippen LogP contribution in [0.5, 0.6) is 0 Å². The summed E-state index contributed by atoms with van der Waals surface area (Å²) in [4.78, 5) is 13.9. The van der Waals surface area contributed by atoms with Crippen LogP contribution in [0.2, 0.25) is 0 Å². The van der Waals surface area contributed by atoms with Crippen molar-refractivity contribution in [2.75, 3.05) is 0 Å². The van der Waals surface area contributed by atoms with Crippen molar-refractivity contribution in [1.29, 1.82) is 0 Å². The van der Waals surface area contributed by atoms with E-state index in [1.807, 2.05) is 11.3 Å². The van der Waals surface area contributed by atoms with E-state index in [0.29, 0.717) is 0 Å². The summed E-state index contributed by atoms with van der Waals surface area (Å²) in [6, 6.07) is 8.84. The second-order valence-electron chi connectivity index (χ2n) is 8.26. The predicted molar refractivity (Wildman–Crippen MR) is 111 cm³/mol. The van der Waals surface area contributed by atoms with Crippen LogP contribution in [0.15, 0.2) is 24.3 Å². The molecule has 0 amide bonds. The van der Waals surface area contributed by atoms with Gasteiger partial charge in [-0.25, -0.2) is 0 Å². The SMILES string of the molecule is Cc1ccc(CCCc2c(CCC(C)(C)CC(=O)O)sc(C)c2C)cc1. The number of thiophene rings is 1. The molecular formula is C23H32O2S. The number of aliphatic carboxylic acids is 1. The summed E-state index contributed by atoms with van der Waals surface area (Å²) in [5.41, 5.74) is 5.50. The van der Waals surface area contributed by atoms with Gasteiger partial charge >= 0.3 is 5.97 Å². The summed E-state index contributed by atoms with van der Waals surface area (Å²) in [6.07, 6.45) is 5.52. The van der Waals surface area contributed by atoms with E-state index in [9.17, 15) is 4.79 Å². The molecule has 1 aromatic heterocycles. The molecule has 0 aliphatic heterocycles. The van der Waals surface area contributed by atoms with Crippen LogP contribution < -0.4 is 0 Å². The molecule has 1 aromatic carbocycles. The van der Waals surface area contributed by atoms with Crippen LogP contribution in [0.1, 0.15) is 65.1 Å². The number of carboxylic acids is 1. The van der Waals surface area contributed by atoms with Crippen molar-refractivity contribution in [1.82, 2.24) is 0 Å². The zero-order valence-electron chi connectivity index (χ0n) is 16.8. The van der Waals surface area contributed by atoms with Gasteiger partial charge in [0.05, 0.1) is 6.42 Å². The van der Waals surface area contributed by atoms with E-state index >= 15 is 0 Å². The molecule has 0 saturated heterocycles. The number of rotatable bonds is 9. The molecule has 1 N–H and O–H groups in total. The molecular weight excluding hydrogens is 340 g/mol. The molecule has 2 rings (SSSR count). The van der Waals surface area contributed by atoms with Gasteiger partial charge in [0, 0.05) is 9.75 Å². The van der Waals surface area contributed by atoms with Crippen molar-refractivity contribution in [2.24, 2.45) is 5.41 Å². The van der Waals surface area contributed by atoms with Crippen molar-refractivity contribution in [3.8, 4) is 0 Å². The van der Waals surface area contributed by atoms with Gasteiger partial charge in [-0.05, 0) is 75.0 Å². The van der Waals surface area contributed by atoms with E-state index in [-0.39, 0.29) is 11.8 Å². The van der Waals surface area contributed by atoms with E-state index in [2.05, 4.69) is 58.9 Å². The normalized spacial score (nSPS) is 11.7. The Hall–Kier alpha value is -1.61. The molecule has 0 bridgehead atoms. The van der Waals surface area contributed by atoms with E-state index in [1.54, 1.807) is 0 Å². The summed E-state index contributed by atoms with van der Waals surface area (Å²) in [6.45, 7) is 10.7. The Bertz CT molecular complexity index is 738. The van der Waals surface area contributed by atoms with E-state index < -0.39 is 5.97 Å². The van der Waals surface area contributed by atoms with Crippen LogP contribution in [0, 0.1) is 26.2 Å². The maximum atomic E-state index is 11.1. The number of benzene rings is 1. The zero-order chi connectivity index (χ0) is 19.3. The van der Waals surface area contributed by atoms with Gasteiger partial charge in [-0.1, -0.05) is 43.7 Å². The number of aryl methyl sites for hydroxylation is 4. The van der Waals surface area contributed by atoms with Crippen LogP contribution in [-0.2, 0) is 24.1 Å². The molecule has 142 valence electrons. The van der Waals surface area contributed by atoms with Crippen molar-refractivity contribution in [3.63, 3.8) is 0 Å². The van der Waals surface area contributed by atoms with Gasteiger partial charge < -0.3 is 5.11 Å². The standard InChI is InChI=1S/C23H32O2S/c1-16-9-11-19(12-10-16)7-6-8-20-17(2)18(3)26-21(20)13-14-23(4,5)15-22(24)25/h9-12H,6-8,13-15H2,1-5H3,(H,24,25). The fraction of sp³-hybridized carbons (Fsp3) is 0.522. The minimum absolute atomic E-state index is 0.156. The lowest BCUT2D eigenvalue weighted by Crippen LogP contribution is -2.17. The fourth-order valence-electron chi connectivity index (χ4n) is 3.45. The van der Waals surface area contributed by atoms with Gasteiger partial charge in [0.1, 0.15) is 0 Å². The lowest BCUT2D eigenvalue weighted by molar-refractivity contribution is -0.139. The summed E-state index contributed by atoms with van der Waals surface area (Å²) in [7, 11) is 0. The van der Waals surface area contributed by atoms with Gasteiger partial charge in [0.25, 0.3) is 0 Å². The third kappa shape index (κ3) is 5.98. The minimum Gasteiger partial charge on any atom is -0.481 e. The van der Waals surface area contributed by atoms with Crippen LogP contribution in [0.3, 0.4) is 0 Å². The molecule has 0 radical (unpaired) electrons. The number of carbonyl (C=O) groups is 1. The fourth-order valence-corrected chi connectivity index (χ4v) is 4.68. The highest BCUT2D eigenvalue weighted by molar-refractivity contribution is 7.12. The molecule has 1 heterocycles. The maximum Gasteiger partial charge on any atom is 0.303 e. The smallest absolute Gasteiger partial charge is 0.303 e.